The molecule has 110 valence electrons. The van der Waals surface area contributed by atoms with E-state index in [0.29, 0.717) is 5.56 Å². The van der Waals surface area contributed by atoms with E-state index in [0.717, 1.165) is 12.1 Å². The van der Waals surface area contributed by atoms with Crippen molar-refractivity contribution in [3.05, 3.63) is 51.8 Å². The smallest absolute Gasteiger partial charge is 0.335 e. The summed E-state index contributed by atoms with van der Waals surface area (Å²) in [6.45, 7) is 1.57. The van der Waals surface area contributed by atoms with Crippen molar-refractivity contribution >= 4 is 21.8 Å². The standard InChI is InChI=1S/C12H11N3O5S/c1-7-2-3-8(6-9(7)12(17)18)21(19,20)15-10-4-5-11(16)14-13-10/h2-6H,1H3,(H,13,15)(H,14,16)(H,17,18). The van der Waals surface area contributed by atoms with E-state index >= 15 is 0 Å². The van der Waals surface area contributed by atoms with Gasteiger partial charge in [-0.15, -0.1) is 0 Å². The molecule has 1 aromatic heterocycles. The van der Waals surface area contributed by atoms with Crippen LogP contribution < -0.4 is 10.3 Å². The molecule has 1 heterocycles. The Morgan fingerprint density at radius 1 is 1.29 bits per heavy atom. The molecule has 1 aromatic carbocycles. The van der Waals surface area contributed by atoms with Crippen LogP contribution in [0.15, 0.2) is 40.0 Å². The summed E-state index contributed by atoms with van der Waals surface area (Å²) >= 11 is 0. The van der Waals surface area contributed by atoms with Crippen molar-refractivity contribution in [2.75, 3.05) is 4.72 Å². The first-order valence-corrected chi connectivity index (χ1v) is 7.20. The van der Waals surface area contributed by atoms with Gasteiger partial charge in [0.2, 0.25) is 0 Å². The largest absolute Gasteiger partial charge is 0.478 e. The lowest BCUT2D eigenvalue weighted by Crippen LogP contribution is -2.17. The zero-order valence-electron chi connectivity index (χ0n) is 10.8. The number of carbonyl (C=O) groups is 1. The van der Waals surface area contributed by atoms with Crippen LogP contribution in [0.3, 0.4) is 0 Å². The summed E-state index contributed by atoms with van der Waals surface area (Å²) < 4.78 is 26.4. The molecule has 21 heavy (non-hydrogen) atoms. The average molecular weight is 309 g/mol. The number of nitrogens with zero attached hydrogens (tertiary/aromatic N) is 1. The van der Waals surface area contributed by atoms with Crippen molar-refractivity contribution in [3.63, 3.8) is 0 Å². The number of hydrogen-bond donors (Lipinski definition) is 3. The monoisotopic (exact) mass is 309 g/mol. The highest BCUT2D eigenvalue weighted by Crippen LogP contribution is 2.18. The van der Waals surface area contributed by atoms with E-state index in [9.17, 15) is 18.0 Å². The van der Waals surface area contributed by atoms with E-state index in [2.05, 4.69) is 14.9 Å². The Kier molecular flexibility index (Phi) is 3.76. The number of aromatic nitrogens is 2. The Labute approximate surface area is 119 Å². The highest BCUT2D eigenvalue weighted by molar-refractivity contribution is 7.92. The molecular formula is C12H11N3O5S. The Morgan fingerprint density at radius 2 is 2.00 bits per heavy atom. The van der Waals surface area contributed by atoms with Gasteiger partial charge < -0.3 is 5.11 Å². The minimum atomic E-state index is -4.00. The van der Waals surface area contributed by atoms with Gasteiger partial charge in [0.05, 0.1) is 10.5 Å². The first-order chi connectivity index (χ1) is 9.79. The third-order valence-electron chi connectivity index (χ3n) is 2.67. The van der Waals surface area contributed by atoms with Gasteiger partial charge >= 0.3 is 5.97 Å². The molecule has 2 rings (SSSR count). The number of carboxylic acids is 1. The van der Waals surface area contributed by atoms with Gasteiger partial charge in [0.15, 0.2) is 5.82 Å². The molecule has 0 bridgehead atoms. The molecule has 8 nitrogen and oxygen atoms in total. The highest BCUT2D eigenvalue weighted by atomic mass is 32.2. The van der Waals surface area contributed by atoms with Gasteiger partial charge in [-0.25, -0.2) is 18.3 Å². The van der Waals surface area contributed by atoms with Crippen LogP contribution in [0.5, 0.6) is 0 Å². The fourth-order valence-corrected chi connectivity index (χ4v) is 2.62. The first-order valence-electron chi connectivity index (χ1n) is 5.72. The minimum Gasteiger partial charge on any atom is -0.478 e. The normalized spacial score (nSPS) is 11.1. The zero-order chi connectivity index (χ0) is 15.6. The lowest BCUT2D eigenvalue weighted by molar-refractivity contribution is 0.0696. The predicted octanol–water partition coefficient (Wildman–Crippen LogP) is 0.577. The minimum absolute atomic E-state index is 0.0768. The Balaban J connectivity index is 2.40. The van der Waals surface area contributed by atoms with Gasteiger partial charge in [-0.1, -0.05) is 6.07 Å². The van der Waals surface area contributed by atoms with E-state index in [-0.39, 0.29) is 16.3 Å². The van der Waals surface area contributed by atoms with Crippen molar-refractivity contribution in [1.29, 1.82) is 0 Å². The molecule has 3 N–H and O–H groups in total. The number of anilines is 1. The summed E-state index contributed by atoms with van der Waals surface area (Å²) in [5.74, 6) is -1.29. The van der Waals surface area contributed by atoms with Crippen molar-refractivity contribution in [2.24, 2.45) is 0 Å². The van der Waals surface area contributed by atoms with Crippen molar-refractivity contribution in [2.45, 2.75) is 11.8 Å². The molecule has 0 amide bonds. The van der Waals surface area contributed by atoms with Crippen LogP contribution in [0.25, 0.3) is 0 Å². The highest BCUT2D eigenvalue weighted by Gasteiger charge is 2.18. The summed E-state index contributed by atoms with van der Waals surface area (Å²) in [7, 11) is -4.00. The Bertz CT molecular complexity index is 837. The zero-order valence-corrected chi connectivity index (χ0v) is 11.6. The van der Waals surface area contributed by atoms with Crippen molar-refractivity contribution < 1.29 is 18.3 Å². The maximum atomic E-state index is 12.1. The molecule has 0 fully saturated rings. The second-order valence-electron chi connectivity index (χ2n) is 4.19. The Hall–Kier alpha value is -2.68. The maximum absolute atomic E-state index is 12.1. The molecular weight excluding hydrogens is 298 g/mol. The molecule has 0 atom stereocenters. The van der Waals surface area contributed by atoms with Gasteiger partial charge in [-0.3, -0.25) is 9.52 Å². The molecule has 0 spiro atoms. The number of hydrogen-bond acceptors (Lipinski definition) is 5. The molecule has 0 unspecified atom stereocenters. The molecule has 0 saturated carbocycles. The molecule has 2 aromatic rings. The van der Waals surface area contributed by atoms with Gasteiger partial charge in [0.1, 0.15) is 0 Å². The van der Waals surface area contributed by atoms with Crippen LogP contribution in [0.2, 0.25) is 0 Å². The summed E-state index contributed by atoms with van der Waals surface area (Å²) in [5, 5.41) is 14.6. The van der Waals surface area contributed by atoms with Gasteiger partial charge in [0.25, 0.3) is 15.6 Å². The summed E-state index contributed by atoms with van der Waals surface area (Å²) in [5.41, 5.74) is -0.127. The number of benzene rings is 1. The third kappa shape index (κ3) is 3.26. The lowest BCUT2D eigenvalue weighted by atomic mass is 10.1. The molecule has 9 heteroatoms. The number of H-pyrrole nitrogens is 1. The maximum Gasteiger partial charge on any atom is 0.335 e. The number of sulfonamides is 1. The number of carboxylic acid groups (broad SMARTS) is 1. The van der Waals surface area contributed by atoms with E-state index in [1.165, 1.54) is 18.2 Å². The van der Waals surface area contributed by atoms with Crippen molar-refractivity contribution in [3.8, 4) is 0 Å². The van der Waals surface area contributed by atoms with Crippen LogP contribution in [-0.2, 0) is 10.0 Å². The van der Waals surface area contributed by atoms with Gasteiger partial charge in [0, 0.05) is 6.07 Å². The number of aryl methyl sites for hydroxylation is 1. The summed E-state index contributed by atoms with van der Waals surface area (Å²) in [6, 6.07) is 6.06. The van der Waals surface area contributed by atoms with E-state index in [1.54, 1.807) is 6.92 Å². The second-order valence-corrected chi connectivity index (χ2v) is 5.88. The quantitative estimate of drug-likeness (QED) is 0.757. The fourth-order valence-electron chi connectivity index (χ4n) is 1.60. The summed E-state index contributed by atoms with van der Waals surface area (Å²) in [4.78, 5) is 21.7. The first kappa shape index (κ1) is 14.7. The molecule has 0 aliphatic heterocycles. The summed E-state index contributed by atoms with van der Waals surface area (Å²) in [6.07, 6.45) is 0. The molecule has 0 saturated heterocycles. The van der Waals surface area contributed by atoms with Crippen LogP contribution in [0.4, 0.5) is 5.82 Å². The average Bonchev–Trinajstić information content (AvgIpc) is 2.41. The second kappa shape index (κ2) is 5.37. The molecule has 0 aliphatic rings. The van der Waals surface area contributed by atoms with Crippen LogP contribution in [0, 0.1) is 6.92 Å². The number of nitrogens with one attached hydrogen (secondary N) is 2. The van der Waals surface area contributed by atoms with Gasteiger partial charge in [-0.2, -0.15) is 5.10 Å². The van der Waals surface area contributed by atoms with E-state index in [1.807, 2.05) is 0 Å². The van der Waals surface area contributed by atoms with E-state index in [4.69, 9.17) is 5.11 Å². The molecule has 0 radical (unpaired) electrons. The number of aromatic carboxylic acids is 1. The SMILES string of the molecule is Cc1ccc(S(=O)(=O)Nc2ccc(=O)[nH]n2)cc1C(=O)O. The number of aromatic amines is 1. The van der Waals surface area contributed by atoms with Gasteiger partial charge in [-0.05, 0) is 30.7 Å². The lowest BCUT2D eigenvalue weighted by Gasteiger charge is -2.08. The van der Waals surface area contributed by atoms with Crippen LogP contribution in [-0.4, -0.2) is 29.7 Å². The third-order valence-corrected chi connectivity index (χ3v) is 4.02. The molecule has 0 aliphatic carbocycles. The topological polar surface area (TPSA) is 129 Å². The predicted molar refractivity (Wildman–Crippen MR) is 73.8 cm³/mol. The number of rotatable bonds is 4. The van der Waals surface area contributed by atoms with Crippen LogP contribution >= 0.6 is 0 Å². The van der Waals surface area contributed by atoms with E-state index < -0.39 is 21.6 Å². The van der Waals surface area contributed by atoms with Crippen molar-refractivity contribution in [1.82, 2.24) is 10.2 Å². The van der Waals surface area contributed by atoms with Crippen LogP contribution in [0.1, 0.15) is 15.9 Å². The Morgan fingerprint density at radius 3 is 2.57 bits per heavy atom. The fraction of sp³-hybridized carbons (Fsp3) is 0.0833.